The summed E-state index contributed by atoms with van der Waals surface area (Å²) in [6.45, 7) is 0.831. The Bertz CT molecular complexity index is 542. The van der Waals surface area contributed by atoms with Crippen LogP contribution in [0.15, 0.2) is 23.1 Å². The molecular weight excluding hydrogens is 267 g/mol. The fraction of sp³-hybridized carbons (Fsp3) is 0.538. The molecule has 0 aliphatic heterocycles. The highest BCUT2D eigenvalue weighted by atomic mass is 32.2. The fourth-order valence-electron chi connectivity index (χ4n) is 2.12. The monoisotopic (exact) mass is 286 g/mol. The Morgan fingerprint density at radius 1 is 1.37 bits per heavy atom. The van der Waals surface area contributed by atoms with E-state index in [9.17, 15) is 12.8 Å². The Morgan fingerprint density at radius 3 is 2.68 bits per heavy atom. The first-order chi connectivity index (χ1) is 9.03. The molecule has 0 atom stereocenters. The lowest BCUT2D eigenvalue weighted by Crippen LogP contribution is -2.33. The van der Waals surface area contributed by atoms with Crippen molar-refractivity contribution >= 4 is 10.0 Å². The van der Waals surface area contributed by atoms with E-state index in [1.54, 1.807) is 7.05 Å². The van der Waals surface area contributed by atoms with Gasteiger partial charge in [-0.25, -0.2) is 17.5 Å². The zero-order chi connectivity index (χ0) is 13.9. The van der Waals surface area contributed by atoms with Gasteiger partial charge in [-0.15, -0.1) is 0 Å². The number of halogens is 1. The van der Waals surface area contributed by atoms with Crippen molar-refractivity contribution in [3.8, 4) is 0 Å². The minimum Gasteiger partial charge on any atom is -0.316 e. The smallest absolute Gasteiger partial charge is 0.241 e. The molecule has 0 unspecified atom stereocenters. The molecule has 0 bridgehead atoms. The number of benzene rings is 1. The molecule has 2 rings (SSSR count). The molecule has 1 aromatic carbocycles. The highest BCUT2D eigenvalue weighted by molar-refractivity contribution is 7.89. The van der Waals surface area contributed by atoms with Crippen molar-refractivity contribution in [2.45, 2.75) is 30.7 Å². The lowest BCUT2D eigenvalue weighted by atomic mass is 9.86. The SMILES string of the molecule is CNCc1ccc(F)cc1S(=O)(=O)NCC1CCC1. The van der Waals surface area contributed by atoms with Crippen LogP contribution in [0.3, 0.4) is 0 Å². The molecule has 1 aliphatic rings. The first-order valence-corrected chi connectivity index (χ1v) is 7.94. The first kappa shape index (κ1) is 14.4. The second-order valence-electron chi connectivity index (χ2n) is 4.93. The van der Waals surface area contributed by atoms with E-state index in [0.717, 1.165) is 25.3 Å². The summed E-state index contributed by atoms with van der Waals surface area (Å²) in [5, 5.41) is 2.89. The van der Waals surface area contributed by atoms with E-state index in [4.69, 9.17) is 0 Å². The van der Waals surface area contributed by atoms with Crippen LogP contribution in [0.4, 0.5) is 4.39 Å². The molecular formula is C13H19FN2O2S. The summed E-state index contributed by atoms with van der Waals surface area (Å²) >= 11 is 0. The van der Waals surface area contributed by atoms with Gasteiger partial charge in [0.05, 0.1) is 4.90 Å². The summed E-state index contributed by atoms with van der Waals surface area (Å²) in [7, 11) is -1.91. The van der Waals surface area contributed by atoms with E-state index in [-0.39, 0.29) is 4.90 Å². The van der Waals surface area contributed by atoms with Crippen LogP contribution in [0.2, 0.25) is 0 Å². The summed E-state index contributed by atoms with van der Waals surface area (Å²) < 4.78 is 40.3. The summed E-state index contributed by atoms with van der Waals surface area (Å²) in [6.07, 6.45) is 3.29. The van der Waals surface area contributed by atoms with E-state index in [0.29, 0.717) is 24.6 Å². The minimum atomic E-state index is -3.64. The van der Waals surface area contributed by atoms with Gasteiger partial charge in [0, 0.05) is 13.1 Å². The topological polar surface area (TPSA) is 58.2 Å². The van der Waals surface area contributed by atoms with Crippen molar-refractivity contribution in [2.24, 2.45) is 5.92 Å². The van der Waals surface area contributed by atoms with Crippen LogP contribution in [0.25, 0.3) is 0 Å². The lowest BCUT2D eigenvalue weighted by Gasteiger charge is -2.25. The molecule has 19 heavy (non-hydrogen) atoms. The summed E-state index contributed by atoms with van der Waals surface area (Å²) in [5.74, 6) is -0.111. The predicted molar refractivity (Wildman–Crippen MR) is 71.7 cm³/mol. The molecule has 2 N–H and O–H groups in total. The first-order valence-electron chi connectivity index (χ1n) is 6.45. The zero-order valence-corrected chi connectivity index (χ0v) is 11.8. The van der Waals surface area contributed by atoms with Crippen LogP contribution in [0.1, 0.15) is 24.8 Å². The lowest BCUT2D eigenvalue weighted by molar-refractivity contribution is 0.316. The average Bonchev–Trinajstić information content (AvgIpc) is 2.29. The third kappa shape index (κ3) is 3.52. The Morgan fingerprint density at radius 2 is 2.11 bits per heavy atom. The summed E-state index contributed by atoms with van der Waals surface area (Å²) in [6, 6.07) is 3.86. The third-order valence-corrected chi connectivity index (χ3v) is 4.98. The number of rotatable bonds is 6. The normalized spacial score (nSPS) is 16.3. The molecule has 0 amide bonds. The second kappa shape index (κ2) is 5.98. The molecule has 0 heterocycles. The van der Waals surface area contributed by atoms with Crippen LogP contribution in [-0.2, 0) is 16.6 Å². The van der Waals surface area contributed by atoms with Crippen LogP contribution in [-0.4, -0.2) is 22.0 Å². The molecule has 1 aliphatic carbocycles. The molecule has 0 saturated heterocycles. The van der Waals surface area contributed by atoms with Crippen LogP contribution < -0.4 is 10.0 Å². The van der Waals surface area contributed by atoms with Gasteiger partial charge >= 0.3 is 0 Å². The largest absolute Gasteiger partial charge is 0.316 e. The molecule has 6 heteroatoms. The molecule has 0 aromatic heterocycles. The quantitative estimate of drug-likeness (QED) is 0.835. The van der Waals surface area contributed by atoms with Gasteiger partial charge in [-0.3, -0.25) is 0 Å². The highest BCUT2D eigenvalue weighted by Gasteiger charge is 2.23. The Labute approximate surface area is 113 Å². The highest BCUT2D eigenvalue weighted by Crippen LogP contribution is 2.26. The Balaban J connectivity index is 2.19. The van der Waals surface area contributed by atoms with E-state index in [1.165, 1.54) is 12.1 Å². The van der Waals surface area contributed by atoms with Gasteiger partial charge < -0.3 is 5.32 Å². The van der Waals surface area contributed by atoms with E-state index < -0.39 is 15.8 Å². The fourth-order valence-corrected chi connectivity index (χ4v) is 3.48. The van der Waals surface area contributed by atoms with Crippen molar-refractivity contribution < 1.29 is 12.8 Å². The van der Waals surface area contributed by atoms with Crippen molar-refractivity contribution in [1.29, 1.82) is 0 Å². The average molecular weight is 286 g/mol. The Kier molecular flexibility index (Phi) is 4.54. The van der Waals surface area contributed by atoms with Gasteiger partial charge in [0.2, 0.25) is 10.0 Å². The molecule has 0 spiro atoms. The van der Waals surface area contributed by atoms with Gasteiger partial charge in [-0.1, -0.05) is 12.5 Å². The minimum absolute atomic E-state index is 0.0289. The summed E-state index contributed by atoms with van der Waals surface area (Å²) in [5.41, 5.74) is 0.574. The van der Waals surface area contributed by atoms with E-state index in [1.807, 2.05) is 0 Å². The molecule has 0 radical (unpaired) electrons. The van der Waals surface area contributed by atoms with Crippen LogP contribution in [0.5, 0.6) is 0 Å². The van der Waals surface area contributed by atoms with Crippen LogP contribution in [0, 0.1) is 11.7 Å². The van der Waals surface area contributed by atoms with Gasteiger partial charge in [-0.2, -0.15) is 0 Å². The number of sulfonamides is 1. The molecule has 1 aromatic rings. The molecule has 1 saturated carbocycles. The van der Waals surface area contributed by atoms with Crippen molar-refractivity contribution in [2.75, 3.05) is 13.6 Å². The van der Waals surface area contributed by atoms with Gasteiger partial charge in [0.1, 0.15) is 5.82 Å². The predicted octanol–water partition coefficient (Wildman–Crippen LogP) is 1.62. The number of hydrogen-bond donors (Lipinski definition) is 2. The van der Waals surface area contributed by atoms with E-state index in [2.05, 4.69) is 10.0 Å². The van der Waals surface area contributed by atoms with Gasteiger partial charge in [0.15, 0.2) is 0 Å². The maximum Gasteiger partial charge on any atom is 0.241 e. The zero-order valence-electron chi connectivity index (χ0n) is 10.9. The molecule has 4 nitrogen and oxygen atoms in total. The molecule has 1 fully saturated rings. The van der Waals surface area contributed by atoms with Gasteiger partial charge in [0.25, 0.3) is 0 Å². The van der Waals surface area contributed by atoms with Crippen LogP contribution >= 0.6 is 0 Å². The van der Waals surface area contributed by atoms with Crippen molar-refractivity contribution in [3.05, 3.63) is 29.6 Å². The van der Waals surface area contributed by atoms with E-state index >= 15 is 0 Å². The number of nitrogens with one attached hydrogen (secondary N) is 2. The van der Waals surface area contributed by atoms with Crippen molar-refractivity contribution in [1.82, 2.24) is 10.0 Å². The second-order valence-corrected chi connectivity index (χ2v) is 6.67. The third-order valence-electron chi connectivity index (χ3n) is 3.47. The summed E-state index contributed by atoms with van der Waals surface area (Å²) in [4.78, 5) is 0.0289. The van der Waals surface area contributed by atoms with Crippen molar-refractivity contribution in [3.63, 3.8) is 0 Å². The molecule has 106 valence electrons. The maximum atomic E-state index is 13.3. The number of hydrogen-bond acceptors (Lipinski definition) is 3. The Hall–Kier alpha value is -0.980. The maximum absolute atomic E-state index is 13.3. The van der Waals surface area contributed by atoms with Gasteiger partial charge in [-0.05, 0) is 43.5 Å². The standard InChI is InChI=1S/C13H19FN2O2S/c1-15-9-11-5-6-12(14)7-13(11)19(17,18)16-8-10-3-2-4-10/h5-7,10,15-16H,2-4,8-9H2,1H3.